The Hall–Kier alpha value is -1.96. The normalized spacial score (nSPS) is 13.7. The highest BCUT2D eigenvalue weighted by atomic mass is 35.5. The van der Waals surface area contributed by atoms with Crippen LogP contribution in [-0.4, -0.2) is 11.6 Å². The first-order valence-electron chi connectivity index (χ1n) is 6.15. The highest BCUT2D eigenvalue weighted by Gasteiger charge is 2.22. The Morgan fingerprint density at radius 2 is 2.25 bits per heavy atom. The number of benzene rings is 1. The lowest BCUT2D eigenvalue weighted by Crippen LogP contribution is -2.14. The van der Waals surface area contributed by atoms with E-state index in [0.29, 0.717) is 30.8 Å². The lowest BCUT2D eigenvalue weighted by molar-refractivity contribution is 0.109. The van der Waals surface area contributed by atoms with Gasteiger partial charge in [0.2, 0.25) is 0 Å². The minimum Gasteiger partial charge on any atom is -0.376 e. The number of fused-ring (bicyclic) bond motifs is 1. The number of nitrogens with zero attached hydrogens (tertiary/aromatic N) is 2. The van der Waals surface area contributed by atoms with Gasteiger partial charge in [-0.15, -0.1) is 0 Å². The molecule has 1 aromatic carbocycles. The maximum atomic E-state index is 13.5. The molecule has 5 heteroatoms. The summed E-state index contributed by atoms with van der Waals surface area (Å²) in [6.45, 7) is 0.935. The Labute approximate surface area is 120 Å². The maximum absolute atomic E-state index is 13.5. The fourth-order valence-corrected chi connectivity index (χ4v) is 2.65. The average Bonchev–Trinajstić information content (AvgIpc) is 2.45. The van der Waals surface area contributed by atoms with Gasteiger partial charge in [0.25, 0.3) is 0 Å². The third kappa shape index (κ3) is 2.15. The van der Waals surface area contributed by atoms with Crippen LogP contribution < -0.4 is 0 Å². The van der Waals surface area contributed by atoms with Crippen LogP contribution in [0.3, 0.4) is 0 Å². The van der Waals surface area contributed by atoms with Crippen LogP contribution in [0, 0.1) is 17.1 Å². The van der Waals surface area contributed by atoms with E-state index in [1.165, 1.54) is 12.1 Å². The van der Waals surface area contributed by atoms with Crippen LogP contribution in [0.25, 0.3) is 11.1 Å². The van der Waals surface area contributed by atoms with E-state index in [1.54, 1.807) is 12.1 Å². The molecule has 0 amide bonds. The summed E-state index contributed by atoms with van der Waals surface area (Å²) in [7, 11) is 0. The van der Waals surface area contributed by atoms with Crippen molar-refractivity contribution in [2.45, 2.75) is 13.0 Å². The molecule has 0 aliphatic carbocycles. The van der Waals surface area contributed by atoms with Crippen molar-refractivity contribution in [3.8, 4) is 17.2 Å². The molecular formula is C15H10ClFN2O. The molecule has 3 nitrogen and oxygen atoms in total. The van der Waals surface area contributed by atoms with Crippen LogP contribution >= 0.6 is 11.6 Å². The van der Waals surface area contributed by atoms with Gasteiger partial charge < -0.3 is 4.74 Å². The third-order valence-corrected chi connectivity index (χ3v) is 3.57. The summed E-state index contributed by atoms with van der Waals surface area (Å²) in [5, 5.41) is 9.48. The van der Waals surface area contributed by atoms with Gasteiger partial charge in [-0.1, -0.05) is 23.7 Å². The monoisotopic (exact) mass is 288 g/mol. The fraction of sp³-hybridized carbons (Fsp3) is 0.200. The number of ether oxygens (including phenoxy) is 1. The highest BCUT2D eigenvalue weighted by Crippen LogP contribution is 2.35. The van der Waals surface area contributed by atoms with Crippen LogP contribution in [0.4, 0.5) is 4.39 Å². The molecule has 1 aliphatic rings. The first kappa shape index (κ1) is 13.0. The molecule has 0 fully saturated rings. The van der Waals surface area contributed by atoms with E-state index < -0.39 is 0 Å². The summed E-state index contributed by atoms with van der Waals surface area (Å²) < 4.78 is 18.9. The molecule has 3 rings (SSSR count). The molecule has 0 saturated carbocycles. The number of rotatable bonds is 1. The molecular weight excluding hydrogens is 279 g/mol. The van der Waals surface area contributed by atoms with E-state index in [2.05, 4.69) is 11.1 Å². The molecule has 1 aromatic heterocycles. The van der Waals surface area contributed by atoms with Gasteiger partial charge >= 0.3 is 0 Å². The van der Waals surface area contributed by atoms with Crippen molar-refractivity contribution in [1.29, 1.82) is 5.26 Å². The summed E-state index contributed by atoms with van der Waals surface area (Å²) >= 11 is 6.09. The second kappa shape index (κ2) is 5.20. The standard InChI is InChI=1S/C15H10ClFN2O/c16-15-11(7-18)14(9-2-1-3-10(17)6-9)12-8-20-5-4-13(12)19-15/h1-3,6H,4-5,8H2. The number of pyridine rings is 1. The first-order chi connectivity index (χ1) is 9.70. The number of hydrogen-bond donors (Lipinski definition) is 0. The van der Waals surface area contributed by atoms with Crippen LogP contribution in [0.5, 0.6) is 0 Å². The van der Waals surface area contributed by atoms with Gasteiger partial charge in [0, 0.05) is 17.5 Å². The predicted octanol–water partition coefficient (Wildman–Crippen LogP) is 3.49. The van der Waals surface area contributed by atoms with Gasteiger partial charge in [-0.3, -0.25) is 0 Å². The highest BCUT2D eigenvalue weighted by molar-refractivity contribution is 6.31. The Bertz CT molecular complexity index is 725. The van der Waals surface area contributed by atoms with Gasteiger partial charge in [-0.2, -0.15) is 5.26 Å². The Balaban J connectivity index is 2.32. The van der Waals surface area contributed by atoms with E-state index in [4.69, 9.17) is 16.3 Å². The Morgan fingerprint density at radius 3 is 3.00 bits per heavy atom. The summed E-state index contributed by atoms with van der Waals surface area (Å²) in [6, 6.07) is 8.17. The molecule has 2 heterocycles. The minimum absolute atomic E-state index is 0.160. The number of aromatic nitrogens is 1. The SMILES string of the molecule is N#Cc1c(Cl)nc2c(c1-c1cccc(F)c1)COCC2. The largest absolute Gasteiger partial charge is 0.376 e. The summed E-state index contributed by atoms with van der Waals surface area (Å²) in [4.78, 5) is 4.26. The number of hydrogen-bond acceptors (Lipinski definition) is 3. The van der Waals surface area contributed by atoms with Crippen molar-refractivity contribution in [3.05, 3.63) is 52.1 Å². The molecule has 0 saturated heterocycles. The van der Waals surface area contributed by atoms with Crippen LogP contribution in [0.2, 0.25) is 5.15 Å². The first-order valence-corrected chi connectivity index (χ1v) is 6.53. The van der Waals surface area contributed by atoms with Crippen LogP contribution in [0.1, 0.15) is 16.8 Å². The van der Waals surface area contributed by atoms with Crippen molar-refractivity contribution < 1.29 is 9.13 Å². The zero-order valence-corrected chi connectivity index (χ0v) is 11.2. The topological polar surface area (TPSA) is 45.9 Å². The fourth-order valence-electron chi connectivity index (χ4n) is 2.41. The molecule has 0 radical (unpaired) electrons. The van der Waals surface area contributed by atoms with Gasteiger partial charge in [0.15, 0.2) is 0 Å². The summed E-state index contributed by atoms with van der Waals surface area (Å²) in [5.41, 5.74) is 3.15. The Kier molecular flexibility index (Phi) is 3.39. The average molecular weight is 289 g/mol. The van der Waals surface area contributed by atoms with Gasteiger partial charge in [-0.05, 0) is 17.7 Å². The van der Waals surface area contributed by atoms with Crippen molar-refractivity contribution in [3.63, 3.8) is 0 Å². The third-order valence-electron chi connectivity index (χ3n) is 3.29. The van der Waals surface area contributed by atoms with Gasteiger partial charge in [-0.25, -0.2) is 9.37 Å². The molecule has 0 atom stereocenters. The van der Waals surface area contributed by atoms with E-state index in [9.17, 15) is 9.65 Å². The lowest BCUT2D eigenvalue weighted by atomic mass is 9.93. The molecule has 0 unspecified atom stereocenters. The van der Waals surface area contributed by atoms with E-state index >= 15 is 0 Å². The smallest absolute Gasteiger partial charge is 0.147 e. The molecule has 0 bridgehead atoms. The maximum Gasteiger partial charge on any atom is 0.147 e. The summed E-state index contributed by atoms with van der Waals surface area (Å²) in [6.07, 6.45) is 0.642. The van der Waals surface area contributed by atoms with E-state index in [1.807, 2.05) is 0 Å². The zero-order valence-electron chi connectivity index (χ0n) is 10.5. The van der Waals surface area contributed by atoms with Crippen molar-refractivity contribution in [1.82, 2.24) is 4.98 Å². The number of halogens is 2. The van der Waals surface area contributed by atoms with Crippen LogP contribution in [-0.2, 0) is 17.8 Å². The van der Waals surface area contributed by atoms with Crippen molar-refractivity contribution in [2.24, 2.45) is 0 Å². The van der Waals surface area contributed by atoms with E-state index in [0.717, 1.165) is 11.3 Å². The molecule has 0 N–H and O–H groups in total. The zero-order chi connectivity index (χ0) is 14.1. The predicted molar refractivity (Wildman–Crippen MR) is 72.7 cm³/mol. The van der Waals surface area contributed by atoms with E-state index in [-0.39, 0.29) is 16.5 Å². The molecule has 2 aromatic rings. The van der Waals surface area contributed by atoms with Crippen LogP contribution in [0.15, 0.2) is 24.3 Å². The molecule has 0 spiro atoms. The van der Waals surface area contributed by atoms with Crippen molar-refractivity contribution in [2.75, 3.05) is 6.61 Å². The molecule has 1 aliphatic heterocycles. The van der Waals surface area contributed by atoms with Crippen molar-refractivity contribution >= 4 is 11.6 Å². The minimum atomic E-state index is -0.357. The number of nitriles is 1. The summed E-state index contributed by atoms with van der Waals surface area (Å²) in [5.74, 6) is -0.357. The quantitative estimate of drug-likeness (QED) is 0.755. The van der Waals surface area contributed by atoms with Gasteiger partial charge in [0.05, 0.1) is 24.5 Å². The second-order valence-corrected chi connectivity index (χ2v) is 4.86. The molecule has 100 valence electrons. The Morgan fingerprint density at radius 1 is 1.40 bits per heavy atom. The van der Waals surface area contributed by atoms with Gasteiger partial charge in [0.1, 0.15) is 17.0 Å². The second-order valence-electron chi connectivity index (χ2n) is 4.50. The lowest BCUT2D eigenvalue weighted by Gasteiger charge is -2.21. The molecule has 20 heavy (non-hydrogen) atoms.